The summed E-state index contributed by atoms with van der Waals surface area (Å²) in [6.07, 6.45) is 1.09. The van der Waals surface area contributed by atoms with E-state index in [2.05, 4.69) is 48.1 Å². The Morgan fingerprint density at radius 2 is 2.24 bits per heavy atom. The minimum Gasteiger partial charge on any atom is -0.385 e. The fourth-order valence-electron chi connectivity index (χ4n) is 1.91. The molecule has 4 heteroatoms. The zero-order chi connectivity index (χ0) is 12.8. The summed E-state index contributed by atoms with van der Waals surface area (Å²) in [4.78, 5) is 1.42. The molecule has 1 aromatic heterocycles. The van der Waals surface area contributed by atoms with Crippen molar-refractivity contribution in [2.75, 3.05) is 20.3 Å². The predicted octanol–water partition coefficient (Wildman–Crippen LogP) is 4.14. The molecule has 0 amide bonds. The lowest BCUT2D eigenvalue weighted by molar-refractivity contribution is 0.171. The first-order valence-corrected chi connectivity index (χ1v) is 7.69. The van der Waals surface area contributed by atoms with Gasteiger partial charge in [-0.1, -0.05) is 13.8 Å². The van der Waals surface area contributed by atoms with Gasteiger partial charge in [0.15, 0.2) is 0 Å². The molecule has 0 bridgehead atoms. The summed E-state index contributed by atoms with van der Waals surface area (Å²) < 4.78 is 6.42. The van der Waals surface area contributed by atoms with E-state index in [0.29, 0.717) is 12.0 Å². The lowest BCUT2D eigenvalue weighted by Crippen LogP contribution is -2.26. The molecule has 2 nitrogen and oxygen atoms in total. The zero-order valence-corrected chi connectivity index (χ0v) is 13.5. The standard InChI is InChI=1S/C13H22BrNOS/c1-5-15-12(9(2)6-7-16-4)11-8-10(3)13(14)17-11/h8-9,12,15H,5-7H2,1-4H3. The maximum absolute atomic E-state index is 5.17. The number of hydrogen-bond acceptors (Lipinski definition) is 3. The number of rotatable bonds is 7. The molecule has 0 radical (unpaired) electrons. The summed E-state index contributed by atoms with van der Waals surface area (Å²) in [6.45, 7) is 8.42. The molecule has 0 aromatic carbocycles. The van der Waals surface area contributed by atoms with Gasteiger partial charge in [-0.25, -0.2) is 0 Å². The van der Waals surface area contributed by atoms with Crippen molar-refractivity contribution in [1.29, 1.82) is 0 Å². The second kappa shape index (κ2) is 7.52. The molecule has 0 spiro atoms. The molecule has 0 fully saturated rings. The number of methoxy groups -OCH3 is 1. The molecule has 2 atom stereocenters. The molecule has 0 aliphatic carbocycles. The van der Waals surface area contributed by atoms with Gasteiger partial charge in [0.05, 0.1) is 3.79 Å². The molecule has 1 heterocycles. The Hall–Kier alpha value is 0.1000. The van der Waals surface area contributed by atoms with E-state index in [9.17, 15) is 0 Å². The third-order valence-corrected chi connectivity index (χ3v) is 5.17. The van der Waals surface area contributed by atoms with Gasteiger partial charge in [-0.05, 0) is 53.4 Å². The maximum atomic E-state index is 5.17. The summed E-state index contributed by atoms with van der Waals surface area (Å²) in [5.74, 6) is 0.583. The van der Waals surface area contributed by atoms with Crippen molar-refractivity contribution in [3.63, 3.8) is 0 Å². The Bertz CT molecular complexity index is 321. The Balaban J connectivity index is 2.77. The average Bonchev–Trinajstić information content (AvgIpc) is 2.63. The van der Waals surface area contributed by atoms with Crippen molar-refractivity contribution in [3.8, 4) is 0 Å². The molecule has 0 aliphatic heterocycles. The third kappa shape index (κ3) is 4.36. The van der Waals surface area contributed by atoms with Crippen molar-refractivity contribution in [2.24, 2.45) is 5.92 Å². The number of nitrogens with one attached hydrogen (secondary N) is 1. The van der Waals surface area contributed by atoms with E-state index >= 15 is 0 Å². The fraction of sp³-hybridized carbons (Fsp3) is 0.692. The van der Waals surface area contributed by atoms with Gasteiger partial charge in [-0.3, -0.25) is 0 Å². The maximum Gasteiger partial charge on any atom is 0.0731 e. The number of halogens is 1. The highest BCUT2D eigenvalue weighted by Gasteiger charge is 2.20. The number of thiophene rings is 1. The molecule has 1 aromatic rings. The highest BCUT2D eigenvalue weighted by molar-refractivity contribution is 9.11. The largest absolute Gasteiger partial charge is 0.385 e. The number of aryl methyl sites for hydroxylation is 1. The van der Waals surface area contributed by atoms with Gasteiger partial charge >= 0.3 is 0 Å². The summed E-state index contributed by atoms with van der Waals surface area (Å²) in [7, 11) is 1.76. The van der Waals surface area contributed by atoms with Crippen molar-refractivity contribution < 1.29 is 4.74 Å². The van der Waals surface area contributed by atoms with Gasteiger partial charge in [-0.2, -0.15) is 0 Å². The highest BCUT2D eigenvalue weighted by Crippen LogP contribution is 2.35. The van der Waals surface area contributed by atoms with Gasteiger partial charge in [0.25, 0.3) is 0 Å². The number of ether oxygens (including phenoxy) is 1. The second-order valence-corrected chi connectivity index (χ2v) is 6.80. The van der Waals surface area contributed by atoms with Crippen LogP contribution in [-0.2, 0) is 4.74 Å². The van der Waals surface area contributed by atoms with E-state index < -0.39 is 0 Å². The zero-order valence-electron chi connectivity index (χ0n) is 11.0. The van der Waals surface area contributed by atoms with Crippen LogP contribution in [0.25, 0.3) is 0 Å². The van der Waals surface area contributed by atoms with E-state index in [1.165, 1.54) is 14.2 Å². The molecular formula is C13H22BrNOS. The minimum absolute atomic E-state index is 0.435. The Labute approximate surface area is 117 Å². The van der Waals surface area contributed by atoms with Crippen molar-refractivity contribution in [1.82, 2.24) is 5.32 Å². The highest BCUT2D eigenvalue weighted by atomic mass is 79.9. The molecule has 2 unspecified atom stereocenters. The smallest absolute Gasteiger partial charge is 0.0731 e. The van der Waals surface area contributed by atoms with Gasteiger partial charge in [0.1, 0.15) is 0 Å². The van der Waals surface area contributed by atoms with Gasteiger partial charge in [0, 0.05) is 24.6 Å². The van der Waals surface area contributed by atoms with E-state index in [0.717, 1.165) is 19.6 Å². The quantitative estimate of drug-likeness (QED) is 0.815. The van der Waals surface area contributed by atoms with Crippen LogP contribution in [0.2, 0.25) is 0 Å². The first kappa shape index (κ1) is 15.2. The molecule has 17 heavy (non-hydrogen) atoms. The predicted molar refractivity (Wildman–Crippen MR) is 78.8 cm³/mol. The van der Waals surface area contributed by atoms with E-state index in [1.54, 1.807) is 7.11 Å². The third-order valence-electron chi connectivity index (χ3n) is 2.95. The normalized spacial score (nSPS) is 14.9. The molecule has 0 aliphatic rings. The van der Waals surface area contributed by atoms with Crippen LogP contribution < -0.4 is 5.32 Å². The van der Waals surface area contributed by atoms with E-state index in [1.807, 2.05) is 11.3 Å². The van der Waals surface area contributed by atoms with E-state index in [-0.39, 0.29) is 0 Å². The van der Waals surface area contributed by atoms with Gasteiger partial charge < -0.3 is 10.1 Å². The molecule has 98 valence electrons. The Kier molecular flexibility index (Phi) is 6.70. The van der Waals surface area contributed by atoms with Crippen molar-refractivity contribution in [3.05, 3.63) is 20.3 Å². The topological polar surface area (TPSA) is 21.3 Å². The van der Waals surface area contributed by atoms with Crippen LogP contribution in [0.15, 0.2) is 9.85 Å². The lowest BCUT2D eigenvalue weighted by Gasteiger charge is -2.23. The molecular weight excluding hydrogens is 298 g/mol. The summed E-state index contributed by atoms with van der Waals surface area (Å²) in [5.41, 5.74) is 1.33. The molecule has 0 saturated heterocycles. The minimum atomic E-state index is 0.435. The Morgan fingerprint density at radius 3 is 2.71 bits per heavy atom. The first-order chi connectivity index (χ1) is 8.10. The van der Waals surface area contributed by atoms with E-state index in [4.69, 9.17) is 4.74 Å². The van der Waals surface area contributed by atoms with Crippen LogP contribution in [0.1, 0.15) is 36.8 Å². The fourth-order valence-corrected chi connectivity index (χ4v) is 3.69. The van der Waals surface area contributed by atoms with Crippen LogP contribution in [0.5, 0.6) is 0 Å². The molecule has 0 saturated carbocycles. The van der Waals surface area contributed by atoms with Crippen LogP contribution in [0, 0.1) is 12.8 Å². The number of hydrogen-bond donors (Lipinski definition) is 1. The second-order valence-electron chi connectivity index (χ2n) is 4.40. The van der Waals surface area contributed by atoms with Gasteiger partial charge in [-0.15, -0.1) is 11.3 Å². The van der Waals surface area contributed by atoms with Crippen LogP contribution in [0.3, 0.4) is 0 Å². The molecule has 1 N–H and O–H groups in total. The monoisotopic (exact) mass is 319 g/mol. The Morgan fingerprint density at radius 1 is 1.53 bits per heavy atom. The first-order valence-electron chi connectivity index (χ1n) is 6.08. The summed E-state index contributed by atoms with van der Waals surface area (Å²) in [5, 5.41) is 3.58. The van der Waals surface area contributed by atoms with Gasteiger partial charge in [0.2, 0.25) is 0 Å². The van der Waals surface area contributed by atoms with Crippen molar-refractivity contribution in [2.45, 2.75) is 33.2 Å². The van der Waals surface area contributed by atoms with Crippen LogP contribution >= 0.6 is 27.3 Å². The average molecular weight is 320 g/mol. The summed E-state index contributed by atoms with van der Waals surface area (Å²) in [6, 6.07) is 2.72. The van der Waals surface area contributed by atoms with Crippen LogP contribution in [0.4, 0.5) is 0 Å². The van der Waals surface area contributed by atoms with Crippen molar-refractivity contribution >= 4 is 27.3 Å². The van der Waals surface area contributed by atoms with Crippen LogP contribution in [-0.4, -0.2) is 20.3 Å². The lowest BCUT2D eigenvalue weighted by atomic mass is 9.97. The molecule has 1 rings (SSSR count). The summed E-state index contributed by atoms with van der Waals surface area (Å²) >= 11 is 5.44. The SMILES string of the molecule is CCNC(c1cc(C)c(Br)s1)C(C)CCOC.